The van der Waals surface area contributed by atoms with Crippen LogP contribution in [0.25, 0.3) is 12.2 Å². The highest BCUT2D eigenvalue weighted by Gasteiger charge is 1.97. The van der Waals surface area contributed by atoms with Gasteiger partial charge in [0.1, 0.15) is 7.05 Å². The molecule has 0 saturated heterocycles. The summed E-state index contributed by atoms with van der Waals surface area (Å²) >= 11 is 0. The van der Waals surface area contributed by atoms with Crippen LogP contribution in [-0.2, 0) is 7.05 Å². The zero-order valence-corrected chi connectivity index (χ0v) is 11.9. The second kappa shape index (κ2) is 6.19. The van der Waals surface area contributed by atoms with E-state index in [4.69, 9.17) is 0 Å². The number of pyridine rings is 1. The first kappa shape index (κ1) is 13.3. The van der Waals surface area contributed by atoms with E-state index in [0.29, 0.717) is 0 Å². The Morgan fingerprint density at radius 1 is 1.05 bits per heavy atom. The average Bonchev–Trinajstić information content (AvgIpc) is 2.45. The number of aryl methyl sites for hydroxylation is 1. The van der Waals surface area contributed by atoms with Crippen molar-refractivity contribution in [2.75, 3.05) is 18.5 Å². The molecule has 0 atom stereocenters. The predicted molar refractivity (Wildman–Crippen MR) is 81.9 cm³/mol. The summed E-state index contributed by atoms with van der Waals surface area (Å²) in [5.74, 6) is 0. The summed E-state index contributed by atoms with van der Waals surface area (Å²) in [5, 5.41) is 0. The third-order valence-corrected chi connectivity index (χ3v) is 3.24. The third-order valence-electron chi connectivity index (χ3n) is 3.24. The van der Waals surface area contributed by atoms with Crippen LogP contribution in [0, 0.1) is 0 Å². The van der Waals surface area contributed by atoms with Crippen LogP contribution in [0.4, 0.5) is 5.69 Å². The molecule has 2 nitrogen and oxygen atoms in total. The van der Waals surface area contributed by atoms with E-state index in [1.54, 1.807) is 0 Å². The van der Waals surface area contributed by atoms with Crippen LogP contribution < -0.4 is 9.47 Å². The van der Waals surface area contributed by atoms with E-state index in [2.05, 4.69) is 78.2 Å². The molecule has 0 radical (unpaired) electrons. The van der Waals surface area contributed by atoms with E-state index in [9.17, 15) is 0 Å². The molecule has 2 rings (SSSR count). The smallest absolute Gasteiger partial charge is 0.175 e. The lowest BCUT2D eigenvalue weighted by atomic mass is 10.1. The fourth-order valence-corrected chi connectivity index (χ4v) is 1.92. The Morgan fingerprint density at radius 2 is 1.74 bits per heavy atom. The molecule has 0 aliphatic carbocycles. The quantitative estimate of drug-likeness (QED) is 0.759. The van der Waals surface area contributed by atoms with Gasteiger partial charge in [-0.2, -0.15) is 0 Å². The van der Waals surface area contributed by atoms with Crippen molar-refractivity contribution in [3.8, 4) is 0 Å². The Morgan fingerprint density at radius 3 is 2.37 bits per heavy atom. The monoisotopic (exact) mass is 253 g/mol. The van der Waals surface area contributed by atoms with E-state index < -0.39 is 0 Å². The Balaban J connectivity index is 2.11. The Bertz CT molecular complexity index is 556. The zero-order valence-electron chi connectivity index (χ0n) is 11.9. The minimum atomic E-state index is 1.02. The van der Waals surface area contributed by atoms with Crippen LogP contribution in [0.3, 0.4) is 0 Å². The van der Waals surface area contributed by atoms with Gasteiger partial charge in [-0.25, -0.2) is 4.57 Å². The van der Waals surface area contributed by atoms with Crippen LogP contribution in [0.1, 0.15) is 18.1 Å². The highest BCUT2D eigenvalue weighted by atomic mass is 15.1. The van der Waals surface area contributed by atoms with Crippen LogP contribution in [0.2, 0.25) is 0 Å². The third kappa shape index (κ3) is 3.68. The number of hydrogen-bond acceptors (Lipinski definition) is 1. The topological polar surface area (TPSA) is 7.12 Å². The maximum atomic E-state index is 2.23. The molecule has 0 bridgehead atoms. The first-order valence-electron chi connectivity index (χ1n) is 6.63. The fraction of sp³-hybridized carbons (Fsp3) is 0.235. The Kier molecular flexibility index (Phi) is 4.35. The normalized spacial score (nSPS) is 10.9. The number of benzene rings is 1. The molecule has 2 aromatic rings. The second-order valence-corrected chi connectivity index (χ2v) is 4.74. The molecule has 0 unspecified atom stereocenters. The number of rotatable bonds is 4. The fourth-order valence-electron chi connectivity index (χ4n) is 1.92. The van der Waals surface area contributed by atoms with Gasteiger partial charge in [-0.1, -0.05) is 18.2 Å². The number of hydrogen-bond donors (Lipinski definition) is 0. The summed E-state index contributed by atoms with van der Waals surface area (Å²) in [6, 6.07) is 12.8. The molecule has 0 spiro atoms. The highest BCUT2D eigenvalue weighted by molar-refractivity contribution is 5.69. The van der Waals surface area contributed by atoms with Crippen molar-refractivity contribution in [3.05, 3.63) is 59.9 Å². The van der Waals surface area contributed by atoms with E-state index in [1.165, 1.54) is 16.8 Å². The molecular weight excluding hydrogens is 232 g/mol. The summed E-state index contributed by atoms with van der Waals surface area (Å²) in [5.41, 5.74) is 3.69. The number of aromatic nitrogens is 1. The molecule has 0 amide bonds. The molecule has 0 saturated carbocycles. The van der Waals surface area contributed by atoms with Crippen LogP contribution in [-0.4, -0.2) is 13.6 Å². The average molecular weight is 253 g/mol. The van der Waals surface area contributed by atoms with Gasteiger partial charge in [0.05, 0.1) is 0 Å². The Labute approximate surface area is 115 Å². The summed E-state index contributed by atoms with van der Waals surface area (Å²) in [6.45, 7) is 3.18. The zero-order chi connectivity index (χ0) is 13.7. The SMILES string of the molecule is CCN(C)c1ccc(/C=C/c2ccc[n+](C)c2)cc1. The minimum absolute atomic E-state index is 1.02. The lowest BCUT2D eigenvalue weighted by Gasteiger charge is -2.16. The molecular formula is C17H21N2+. The maximum Gasteiger partial charge on any atom is 0.175 e. The van der Waals surface area contributed by atoms with Crippen molar-refractivity contribution in [2.24, 2.45) is 7.05 Å². The van der Waals surface area contributed by atoms with Gasteiger partial charge in [0, 0.05) is 30.9 Å². The molecule has 0 N–H and O–H groups in total. The van der Waals surface area contributed by atoms with Gasteiger partial charge in [0.25, 0.3) is 0 Å². The highest BCUT2D eigenvalue weighted by Crippen LogP contribution is 2.15. The summed E-state index contributed by atoms with van der Waals surface area (Å²) < 4.78 is 2.05. The first-order chi connectivity index (χ1) is 9.19. The number of nitrogens with zero attached hydrogens (tertiary/aromatic N) is 2. The number of anilines is 1. The van der Waals surface area contributed by atoms with Gasteiger partial charge in [-0.3, -0.25) is 0 Å². The molecule has 0 aliphatic rings. The van der Waals surface area contributed by atoms with E-state index in [-0.39, 0.29) is 0 Å². The second-order valence-electron chi connectivity index (χ2n) is 4.74. The summed E-state index contributed by atoms with van der Waals surface area (Å²) in [4.78, 5) is 2.23. The molecule has 98 valence electrons. The van der Waals surface area contributed by atoms with Crippen molar-refractivity contribution < 1.29 is 4.57 Å². The van der Waals surface area contributed by atoms with E-state index in [0.717, 1.165) is 6.54 Å². The molecule has 1 aromatic heterocycles. The van der Waals surface area contributed by atoms with E-state index in [1.807, 2.05) is 13.2 Å². The van der Waals surface area contributed by atoms with Gasteiger partial charge in [-0.15, -0.1) is 0 Å². The molecule has 1 heterocycles. The first-order valence-corrected chi connectivity index (χ1v) is 6.63. The lowest BCUT2D eigenvalue weighted by molar-refractivity contribution is -0.671. The maximum absolute atomic E-state index is 2.23. The Hall–Kier alpha value is -2.09. The van der Waals surface area contributed by atoms with Crippen molar-refractivity contribution in [3.63, 3.8) is 0 Å². The summed E-state index contributed by atoms with van der Waals surface area (Å²) in [7, 11) is 4.14. The predicted octanol–water partition coefficient (Wildman–Crippen LogP) is 3.14. The van der Waals surface area contributed by atoms with Gasteiger partial charge in [-0.05, 0) is 36.8 Å². The van der Waals surface area contributed by atoms with Crippen molar-refractivity contribution in [2.45, 2.75) is 6.92 Å². The van der Waals surface area contributed by atoms with Crippen LogP contribution in [0.15, 0.2) is 48.8 Å². The standard InChI is InChI=1S/C17H21N2/c1-4-19(3)17-11-9-15(10-12-17)7-8-16-6-5-13-18(2)14-16/h5-14H,4H2,1-3H3/q+1/b8-7+. The van der Waals surface area contributed by atoms with Gasteiger partial charge in [0.2, 0.25) is 0 Å². The van der Waals surface area contributed by atoms with E-state index >= 15 is 0 Å². The van der Waals surface area contributed by atoms with Crippen molar-refractivity contribution in [1.82, 2.24) is 0 Å². The van der Waals surface area contributed by atoms with Crippen molar-refractivity contribution in [1.29, 1.82) is 0 Å². The van der Waals surface area contributed by atoms with Crippen molar-refractivity contribution >= 4 is 17.8 Å². The molecule has 1 aromatic carbocycles. The van der Waals surface area contributed by atoms with Crippen LogP contribution >= 0.6 is 0 Å². The molecule has 2 heteroatoms. The summed E-state index contributed by atoms with van der Waals surface area (Å²) in [6.07, 6.45) is 8.42. The largest absolute Gasteiger partial charge is 0.375 e. The lowest BCUT2D eigenvalue weighted by Crippen LogP contribution is -2.26. The van der Waals surface area contributed by atoms with Gasteiger partial charge >= 0.3 is 0 Å². The molecule has 0 aliphatic heterocycles. The van der Waals surface area contributed by atoms with Gasteiger partial charge in [0.15, 0.2) is 12.4 Å². The van der Waals surface area contributed by atoms with Gasteiger partial charge < -0.3 is 4.90 Å². The molecule has 0 fully saturated rings. The van der Waals surface area contributed by atoms with Crippen LogP contribution in [0.5, 0.6) is 0 Å². The minimum Gasteiger partial charge on any atom is -0.375 e. The molecule has 19 heavy (non-hydrogen) atoms.